The highest BCUT2D eigenvalue weighted by Crippen LogP contribution is 2.24. The van der Waals surface area contributed by atoms with E-state index >= 15 is 0 Å². The highest BCUT2D eigenvalue weighted by Gasteiger charge is 2.14. The van der Waals surface area contributed by atoms with E-state index in [9.17, 15) is 5.11 Å². The fourth-order valence-electron chi connectivity index (χ4n) is 1.62. The average Bonchev–Trinajstić information content (AvgIpc) is 2.74. The zero-order chi connectivity index (χ0) is 13.1. The van der Waals surface area contributed by atoms with Gasteiger partial charge in [0.15, 0.2) is 0 Å². The molecule has 0 aromatic carbocycles. The van der Waals surface area contributed by atoms with Crippen LogP contribution in [0.25, 0.3) is 0 Å². The van der Waals surface area contributed by atoms with Gasteiger partial charge < -0.3 is 10.0 Å². The molecule has 18 heavy (non-hydrogen) atoms. The summed E-state index contributed by atoms with van der Waals surface area (Å²) in [7, 11) is 1.90. The number of aromatic nitrogens is 3. The summed E-state index contributed by atoms with van der Waals surface area (Å²) in [6.07, 6.45) is 1.40. The number of aliphatic hydroxyl groups excluding tert-OH is 1. The highest BCUT2D eigenvalue weighted by atomic mass is 35.5. The third-order valence-corrected chi connectivity index (χ3v) is 3.86. The fourth-order valence-corrected chi connectivity index (χ4v) is 2.63. The Morgan fingerprint density at radius 2 is 2.17 bits per heavy atom. The fraction of sp³-hybridized carbons (Fsp3) is 0.364. The maximum absolute atomic E-state index is 9.33. The van der Waals surface area contributed by atoms with Gasteiger partial charge in [-0.2, -0.15) is 0 Å². The Kier molecular flexibility index (Phi) is 4.11. The Morgan fingerprint density at radius 3 is 2.78 bits per heavy atom. The van der Waals surface area contributed by atoms with Crippen LogP contribution in [0.2, 0.25) is 5.15 Å². The van der Waals surface area contributed by atoms with E-state index < -0.39 is 0 Å². The lowest BCUT2D eigenvalue weighted by Gasteiger charge is -2.20. The first kappa shape index (κ1) is 13.2. The molecule has 96 valence electrons. The van der Waals surface area contributed by atoms with Gasteiger partial charge in [-0.15, -0.1) is 11.3 Å². The van der Waals surface area contributed by atoms with Crippen molar-refractivity contribution in [3.05, 3.63) is 33.1 Å². The third-order valence-electron chi connectivity index (χ3n) is 2.62. The Labute approximate surface area is 114 Å². The maximum atomic E-state index is 9.33. The molecule has 0 aliphatic carbocycles. The van der Waals surface area contributed by atoms with Crippen LogP contribution in [0.1, 0.15) is 16.1 Å². The lowest BCUT2D eigenvalue weighted by atomic mass is 10.3. The molecule has 0 amide bonds. The molecule has 0 saturated heterocycles. The highest BCUT2D eigenvalue weighted by molar-refractivity contribution is 7.09. The molecule has 0 spiro atoms. The minimum atomic E-state index is -0.180. The third kappa shape index (κ3) is 2.60. The minimum Gasteiger partial charge on any atom is -0.391 e. The van der Waals surface area contributed by atoms with Crippen LogP contribution in [-0.2, 0) is 13.2 Å². The van der Waals surface area contributed by atoms with E-state index in [-0.39, 0.29) is 11.8 Å². The standard InChI is InChI=1S/C11H13ClN4OS/c1-7-9(18-6-15-7)3-16(2)11-8(4-17)10(12)13-5-14-11/h5-6,17H,3-4H2,1-2H3. The van der Waals surface area contributed by atoms with Gasteiger partial charge in [-0.1, -0.05) is 11.6 Å². The molecule has 0 aliphatic heterocycles. The molecule has 0 radical (unpaired) electrons. The van der Waals surface area contributed by atoms with Gasteiger partial charge in [0.1, 0.15) is 17.3 Å². The largest absolute Gasteiger partial charge is 0.391 e. The molecule has 0 atom stereocenters. The van der Waals surface area contributed by atoms with Crippen LogP contribution >= 0.6 is 22.9 Å². The number of hydrogen-bond donors (Lipinski definition) is 1. The van der Waals surface area contributed by atoms with E-state index in [0.29, 0.717) is 17.9 Å². The predicted molar refractivity (Wildman–Crippen MR) is 71.9 cm³/mol. The minimum absolute atomic E-state index is 0.180. The molecule has 5 nitrogen and oxygen atoms in total. The van der Waals surface area contributed by atoms with E-state index in [2.05, 4.69) is 15.0 Å². The van der Waals surface area contributed by atoms with E-state index in [1.807, 2.05) is 24.4 Å². The summed E-state index contributed by atoms with van der Waals surface area (Å²) in [4.78, 5) is 15.3. The van der Waals surface area contributed by atoms with Gasteiger partial charge in [0.25, 0.3) is 0 Å². The number of aryl methyl sites for hydroxylation is 1. The van der Waals surface area contributed by atoms with Gasteiger partial charge in [0.05, 0.1) is 29.9 Å². The number of aliphatic hydroxyl groups is 1. The van der Waals surface area contributed by atoms with Crippen molar-refractivity contribution in [2.45, 2.75) is 20.1 Å². The van der Waals surface area contributed by atoms with Gasteiger partial charge in [0.2, 0.25) is 0 Å². The van der Waals surface area contributed by atoms with Crippen molar-refractivity contribution in [2.24, 2.45) is 0 Å². The Morgan fingerprint density at radius 1 is 1.39 bits per heavy atom. The molecule has 0 aliphatic rings. The topological polar surface area (TPSA) is 62.1 Å². The smallest absolute Gasteiger partial charge is 0.140 e. The van der Waals surface area contributed by atoms with E-state index in [0.717, 1.165) is 10.6 Å². The Bertz CT molecular complexity index is 546. The van der Waals surface area contributed by atoms with Crippen molar-refractivity contribution < 1.29 is 5.11 Å². The van der Waals surface area contributed by atoms with Crippen LogP contribution in [0.3, 0.4) is 0 Å². The molecule has 2 heterocycles. The first-order chi connectivity index (χ1) is 8.63. The van der Waals surface area contributed by atoms with Crippen molar-refractivity contribution >= 4 is 28.8 Å². The van der Waals surface area contributed by atoms with Gasteiger partial charge >= 0.3 is 0 Å². The van der Waals surface area contributed by atoms with Gasteiger partial charge in [-0.05, 0) is 6.92 Å². The maximum Gasteiger partial charge on any atom is 0.140 e. The summed E-state index contributed by atoms with van der Waals surface area (Å²) in [5.74, 6) is 0.644. The van der Waals surface area contributed by atoms with Crippen LogP contribution in [-0.4, -0.2) is 27.1 Å². The number of hydrogen-bond acceptors (Lipinski definition) is 6. The molecular formula is C11H13ClN4OS. The van der Waals surface area contributed by atoms with Crippen LogP contribution in [0.5, 0.6) is 0 Å². The van der Waals surface area contributed by atoms with Crippen molar-refractivity contribution in [3.63, 3.8) is 0 Å². The molecule has 2 rings (SSSR count). The van der Waals surface area contributed by atoms with Gasteiger partial charge in [-0.25, -0.2) is 15.0 Å². The number of anilines is 1. The molecule has 0 fully saturated rings. The molecule has 1 N–H and O–H groups in total. The molecular weight excluding hydrogens is 272 g/mol. The first-order valence-corrected chi connectivity index (χ1v) is 6.59. The van der Waals surface area contributed by atoms with Gasteiger partial charge in [-0.3, -0.25) is 0 Å². The monoisotopic (exact) mass is 284 g/mol. The van der Waals surface area contributed by atoms with E-state index in [1.165, 1.54) is 6.33 Å². The molecule has 2 aromatic rings. The lowest BCUT2D eigenvalue weighted by molar-refractivity contribution is 0.281. The predicted octanol–water partition coefficient (Wildman–Crippen LogP) is 2.02. The second-order valence-corrected chi connectivity index (χ2v) is 5.14. The first-order valence-electron chi connectivity index (χ1n) is 5.33. The summed E-state index contributed by atoms with van der Waals surface area (Å²) < 4.78 is 0. The van der Waals surface area contributed by atoms with Gasteiger partial charge in [0, 0.05) is 11.9 Å². The van der Waals surface area contributed by atoms with Crippen molar-refractivity contribution in [1.82, 2.24) is 15.0 Å². The van der Waals surface area contributed by atoms with Crippen molar-refractivity contribution in [1.29, 1.82) is 0 Å². The number of rotatable bonds is 4. The second kappa shape index (κ2) is 5.60. The quantitative estimate of drug-likeness (QED) is 0.871. The lowest BCUT2D eigenvalue weighted by Crippen LogP contribution is -2.20. The number of nitrogens with zero attached hydrogens (tertiary/aromatic N) is 4. The molecule has 7 heteroatoms. The molecule has 0 bridgehead atoms. The Hall–Kier alpha value is -1.24. The van der Waals surface area contributed by atoms with Crippen LogP contribution < -0.4 is 4.90 Å². The zero-order valence-corrected chi connectivity index (χ0v) is 11.7. The van der Waals surface area contributed by atoms with Crippen LogP contribution in [0.15, 0.2) is 11.8 Å². The normalized spacial score (nSPS) is 10.7. The van der Waals surface area contributed by atoms with E-state index in [1.54, 1.807) is 11.3 Å². The van der Waals surface area contributed by atoms with Crippen molar-refractivity contribution in [2.75, 3.05) is 11.9 Å². The summed E-state index contributed by atoms with van der Waals surface area (Å²) in [5.41, 5.74) is 3.37. The number of halogens is 1. The van der Waals surface area contributed by atoms with E-state index in [4.69, 9.17) is 11.6 Å². The molecule has 0 unspecified atom stereocenters. The second-order valence-electron chi connectivity index (χ2n) is 3.84. The SMILES string of the molecule is Cc1ncsc1CN(C)c1ncnc(Cl)c1CO. The molecule has 2 aromatic heterocycles. The van der Waals surface area contributed by atoms with Crippen LogP contribution in [0, 0.1) is 6.92 Å². The Balaban J connectivity index is 2.26. The summed E-state index contributed by atoms with van der Waals surface area (Å²) in [6.45, 7) is 2.47. The van der Waals surface area contributed by atoms with Crippen molar-refractivity contribution in [3.8, 4) is 0 Å². The molecule has 0 saturated carbocycles. The summed E-state index contributed by atoms with van der Waals surface area (Å²) >= 11 is 7.54. The average molecular weight is 285 g/mol. The van der Waals surface area contributed by atoms with Crippen LogP contribution in [0.4, 0.5) is 5.82 Å². The summed E-state index contributed by atoms with van der Waals surface area (Å²) in [6, 6.07) is 0. The zero-order valence-electron chi connectivity index (χ0n) is 10.1. The summed E-state index contributed by atoms with van der Waals surface area (Å²) in [5, 5.41) is 9.62. The number of thiazole rings is 1.